The molecule has 1 aromatic heterocycles. The van der Waals surface area contributed by atoms with Crippen LogP contribution in [-0.4, -0.2) is 5.91 Å². The van der Waals surface area contributed by atoms with Crippen LogP contribution < -0.4 is 5.32 Å². The van der Waals surface area contributed by atoms with E-state index in [2.05, 4.69) is 5.32 Å². The minimum atomic E-state index is -0.207. The molecular formula is C9H8N2OS. The third-order valence-electron chi connectivity index (χ3n) is 1.34. The summed E-state index contributed by atoms with van der Waals surface area (Å²) in [4.78, 5) is 11.1. The second kappa shape index (κ2) is 4.43. The van der Waals surface area contributed by atoms with Gasteiger partial charge in [0.1, 0.15) is 11.1 Å². The highest BCUT2D eigenvalue weighted by Gasteiger charge is 2.04. The molecule has 0 radical (unpaired) electrons. The number of hydrogen-bond acceptors (Lipinski definition) is 3. The van der Waals surface area contributed by atoms with E-state index in [-0.39, 0.29) is 5.91 Å². The highest BCUT2D eigenvalue weighted by Crippen LogP contribution is 2.21. The maximum atomic E-state index is 11.1. The molecule has 0 aliphatic heterocycles. The number of rotatable bonds is 2. The molecule has 0 aliphatic carbocycles. The fourth-order valence-electron chi connectivity index (χ4n) is 0.799. The van der Waals surface area contributed by atoms with Crippen molar-refractivity contribution in [1.82, 2.24) is 0 Å². The van der Waals surface area contributed by atoms with E-state index >= 15 is 0 Å². The number of carbonyl (C=O) groups excluding carboxylic acids is 1. The van der Waals surface area contributed by atoms with Crippen molar-refractivity contribution in [3.8, 4) is 6.07 Å². The van der Waals surface area contributed by atoms with Crippen molar-refractivity contribution in [1.29, 1.82) is 5.26 Å². The normalized spacial score (nSPS) is 9.85. The Hall–Kier alpha value is -1.60. The molecule has 1 rings (SSSR count). The fraction of sp³-hybridized carbons (Fsp3) is 0.111. The number of carbonyl (C=O) groups is 1. The van der Waals surface area contributed by atoms with Gasteiger partial charge in [-0.2, -0.15) is 5.26 Å². The smallest absolute Gasteiger partial charge is 0.248 e. The fourth-order valence-corrected chi connectivity index (χ4v) is 1.54. The van der Waals surface area contributed by atoms with Crippen molar-refractivity contribution in [2.45, 2.75) is 6.92 Å². The molecule has 13 heavy (non-hydrogen) atoms. The highest BCUT2D eigenvalue weighted by molar-refractivity contribution is 7.14. The van der Waals surface area contributed by atoms with Gasteiger partial charge >= 0.3 is 0 Å². The molecule has 1 heterocycles. The van der Waals surface area contributed by atoms with Crippen LogP contribution in [0.15, 0.2) is 23.6 Å². The highest BCUT2D eigenvalue weighted by atomic mass is 32.1. The second-order valence-corrected chi connectivity index (χ2v) is 3.18. The van der Waals surface area contributed by atoms with Gasteiger partial charge in [0.05, 0.1) is 5.56 Å². The first-order chi connectivity index (χ1) is 6.27. The van der Waals surface area contributed by atoms with Gasteiger partial charge in [-0.05, 0) is 24.4 Å². The molecule has 0 atom stereocenters. The van der Waals surface area contributed by atoms with Crippen LogP contribution in [0.25, 0.3) is 0 Å². The van der Waals surface area contributed by atoms with Crippen molar-refractivity contribution in [3.05, 3.63) is 29.2 Å². The van der Waals surface area contributed by atoms with E-state index in [4.69, 9.17) is 5.26 Å². The first kappa shape index (κ1) is 9.49. The van der Waals surface area contributed by atoms with Gasteiger partial charge in [-0.3, -0.25) is 4.79 Å². The Morgan fingerprint density at radius 1 is 1.77 bits per heavy atom. The average Bonchev–Trinajstić information content (AvgIpc) is 2.52. The lowest BCUT2D eigenvalue weighted by Gasteiger charge is -1.96. The summed E-state index contributed by atoms with van der Waals surface area (Å²) in [5.41, 5.74) is 0.503. The summed E-state index contributed by atoms with van der Waals surface area (Å²) < 4.78 is 0. The molecule has 4 heteroatoms. The number of anilines is 1. The molecule has 0 saturated heterocycles. The summed E-state index contributed by atoms with van der Waals surface area (Å²) in [6.07, 6.45) is 3.07. The van der Waals surface area contributed by atoms with Gasteiger partial charge in [0.15, 0.2) is 0 Å². The number of thiophene rings is 1. The number of allylic oxidation sites excluding steroid dienone is 1. The van der Waals surface area contributed by atoms with Gasteiger partial charge in [0, 0.05) is 0 Å². The lowest BCUT2D eigenvalue weighted by molar-refractivity contribution is -0.111. The zero-order valence-corrected chi connectivity index (χ0v) is 7.89. The van der Waals surface area contributed by atoms with Crippen molar-refractivity contribution >= 4 is 22.2 Å². The lowest BCUT2D eigenvalue weighted by Crippen LogP contribution is -2.06. The van der Waals surface area contributed by atoms with Gasteiger partial charge in [-0.1, -0.05) is 6.08 Å². The zero-order chi connectivity index (χ0) is 9.68. The van der Waals surface area contributed by atoms with Crippen molar-refractivity contribution in [2.24, 2.45) is 0 Å². The Morgan fingerprint density at radius 2 is 2.54 bits per heavy atom. The molecule has 0 spiro atoms. The first-order valence-corrected chi connectivity index (χ1v) is 4.57. The molecule has 1 aromatic rings. The molecule has 1 N–H and O–H groups in total. The predicted octanol–water partition coefficient (Wildman–Crippen LogP) is 2.13. The Morgan fingerprint density at radius 3 is 3.15 bits per heavy atom. The van der Waals surface area contributed by atoms with E-state index in [1.165, 1.54) is 17.4 Å². The Kier molecular flexibility index (Phi) is 3.23. The van der Waals surface area contributed by atoms with Crippen LogP contribution >= 0.6 is 11.3 Å². The largest absolute Gasteiger partial charge is 0.313 e. The van der Waals surface area contributed by atoms with E-state index in [1.807, 2.05) is 6.07 Å². The van der Waals surface area contributed by atoms with Crippen LogP contribution in [-0.2, 0) is 4.79 Å². The standard InChI is InChI=1S/C9H8N2OS/c1-2-3-8(12)11-9-7(6-10)4-5-13-9/h2-5H,1H3,(H,11,12). The second-order valence-electron chi connectivity index (χ2n) is 2.26. The molecule has 0 bridgehead atoms. The van der Waals surface area contributed by atoms with Gasteiger partial charge in [0.2, 0.25) is 5.91 Å². The molecule has 0 aromatic carbocycles. The summed E-state index contributed by atoms with van der Waals surface area (Å²) >= 11 is 1.34. The molecule has 0 aliphatic rings. The summed E-state index contributed by atoms with van der Waals surface area (Å²) in [5, 5.41) is 13.6. The maximum absolute atomic E-state index is 11.1. The maximum Gasteiger partial charge on any atom is 0.248 e. The first-order valence-electron chi connectivity index (χ1n) is 3.69. The van der Waals surface area contributed by atoms with Gasteiger partial charge in [-0.15, -0.1) is 11.3 Å². The topological polar surface area (TPSA) is 52.9 Å². The summed E-state index contributed by atoms with van der Waals surface area (Å²) in [6, 6.07) is 3.67. The zero-order valence-electron chi connectivity index (χ0n) is 7.07. The van der Waals surface area contributed by atoms with Crippen molar-refractivity contribution < 1.29 is 4.79 Å². The summed E-state index contributed by atoms with van der Waals surface area (Å²) in [7, 11) is 0. The minimum Gasteiger partial charge on any atom is -0.313 e. The van der Waals surface area contributed by atoms with E-state index in [9.17, 15) is 4.79 Å². The monoisotopic (exact) mass is 192 g/mol. The van der Waals surface area contributed by atoms with E-state index in [0.717, 1.165) is 0 Å². The minimum absolute atomic E-state index is 0.207. The number of nitrogens with zero attached hydrogens (tertiary/aromatic N) is 1. The lowest BCUT2D eigenvalue weighted by atomic mass is 10.3. The quantitative estimate of drug-likeness (QED) is 0.730. The summed E-state index contributed by atoms with van der Waals surface area (Å²) in [5.74, 6) is -0.207. The molecule has 0 saturated carbocycles. The van der Waals surface area contributed by atoms with E-state index < -0.39 is 0 Å². The third kappa shape index (κ3) is 2.42. The van der Waals surface area contributed by atoms with Crippen LogP contribution in [0.1, 0.15) is 12.5 Å². The molecule has 0 unspecified atom stereocenters. The Labute approximate surface area is 80.3 Å². The third-order valence-corrected chi connectivity index (χ3v) is 2.17. The van der Waals surface area contributed by atoms with Gasteiger partial charge < -0.3 is 5.32 Å². The van der Waals surface area contributed by atoms with E-state index in [0.29, 0.717) is 10.6 Å². The van der Waals surface area contributed by atoms with Gasteiger partial charge in [0.25, 0.3) is 0 Å². The molecule has 3 nitrogen and oxygen atoms in total. The molecule has 0 fully saturated rings. The molecule has 66 valence electrons. The van der Waals surface area contributed by atoms with Gasteiger partial charge in [-0.25, -0.2) is 0 Å². The van der Waals surface area contributed by atoms with Crippen LogP contribution in [0.2, 0.25) is 0 Å². The van der Waals surface area contributed by atoms with Crippen LogP contribution in [0.4, 0.5) is 5.00 Å². The number of nitriles is 1. The average molecular weight is 192 g/mol. The summed E-state index contributed by atoms with van der Waals surface area (Å²) in [6.45, 7) is 1.76. The van der Waals surface area contributed by atoms with E-state index in [1.54, 1.807) is 24.4 Å². The van der Waals surface area contributed by atoms with Crippen molar-refractivity contribution in [2.75, 3.05) is 5.32 Å². The van der Waals surface area contributed by atoms with Crippen molar-refractivity contribution in [3.63, 3.8) is 0 Å². The Balaban J connectivity index is 2.75. The molecular weight excluding hydrogens is 184 g/mol. The van der Waals surface area contributed by atoms with Crippen LogP contribution in [0.5, 0.6) is 0 Å². The van der Waals surface area contributed by atoms with Crippen LogP contribution in [0, 0.1) is 11.3 Å². The number of amides is 1. The predicted molar refractivity (Wildman–Crippen MR) is 52.5 cm³/mol. The molecule has 1 amide bonds. The number of hydrogen-bond donors (Lipinski definition) is 1. The SMILES string of the molecule is CC=CC(=O)Nc1sccc1C#N. The van der Waals surface area contributed by atoms with Crippen LogP contribution in [0.3, 0.4) is 0 Å². The number of nitrogens with one attached hydrogen (secondary N) is 1. The Bertz CT molecular complexity index is 373.